The molecule has 1 aliphatic rings. The van der Waals surface area contributed by atoms with E-state index >= 15 is 0 Å². The predicted octanol–water partition coefficient (Wildman–Crippen LogP) is 2.64. The molecule has 0 aromatic heterocycles. The molecule has 0 radical (unpaired) electrons. The van der Waals surface area contributed by atoms with Crippen molar-refractivity contribution >= 4 is 17.5 Å². The third-order valence-electron chi connectivity index (χ3n) is 3.72. The van der Waals surface area contributed by atoms with Crippen LogP contribution in [-0.2, 0) is 9.59 Å². The molecule has 1 N–H and O–H groups in total. The number of anilines is 1. The van der Waals surface area contributed by atoms with Gasteiger partial charge < -0.3 is 10.2 Å². The number of para-hydroxylation sites is 1. The van der Waals surface area contributed by atoms with Crippen LogP contribution in [0.5, 0.6) is 0 Å². The fourth-order valence-corrected chi connectivity index (χ4v) is 2.42. The van der Waals surface area contributed by atoms with Gasteiger partial charge >= 0.3 is 0 Å². The lowest BCUT2D eigenvalue weighted by atomic mass is 10.1. The topological polar surface area (TPSA) is 49.4 Å². The van der Waals surface area contributed by atoms with E-state index in [1.54, 1.807) is 6.92 Å². The van der Waals surface area contributed by atoms with Crippen molar-refractivity contribution in [1.82, 2.24) is 4.90 Å². The van der Waals surface area contributed by atoms with Crippen LogP contribution in [0.25, 0.3) is 0 Å². The molecule has 2 rings (SSSR count). The monoisotopic (exact) mass is 274 g/mol. The molecule has 0 atom stereocenters. The summed E-state index contributed by atoms with van der Waals surface area (Å²) < 4.78 is 0. The Kier molecular flexibility index (Phi) is 4.42. The number of nitrogens with zero attached hydrogens (tertiary/aromatic N) is 1. The first-order valence-electron chi connectivity index (χ1n) is 7.12. The number of carbonyl (C=O) groups excluding carboxylic acids is 2. The van der Waals surface area contributed by atoms with Crippen LogP contribution in [0.4, 0.5) is 5.69 Å². The summed E-state index contributed by atoms with van der Waals surface area (Å²) in [7, 11) is 0. The number of amides is 2. The molecule has 2 amide bonds. The Labute approximate surface area is 120 Å². The lowest BCUT2D eigenvalue weighted by Gasteiger charge is -2.20. The fraction of sp³-hybridized carbons (Fsp3) is 0.500. The molecule has 0 saturated heterocycles. The number of nitrogens with one attached hydrogen (secondary N) is 1. The van der Waals surface area contributed by atoms with Crippen LogP contribution in [0, 0.1) is 13.8 Å². The van der Waals surface area contributed by atoms with Gasteiger partial charge in [-0.05, 0) is 37.8 Å². The zero-order valence-corrected chi connectivity index (χ0v) is 12.4. The second-order valence-corrected chi connectivity index (χ2v) is 5.51. The summed E-state index contributed by atoms with van der Waals surface area (Å²) in [4.78, 5) is 25.3. The molecule has 0 spiro atoms. The highest BCUT2D eigenvalue weighted by Gasteiger charge is 2.30. The molecule has 20 heavy (non-hydrogen) atoms. The normalized spacial score (nSPS) is 13.9. The van der Waals surface area contributed by atoms with Gasteiger partial charge in [-0.15, -0.1) is 0 Å². The van der Waals surface area contributed by atoms with E-state index in [-0.39, 0.29) is 11.8 Å². The summed E-state index contributed by atoms with van der Waals surface area (Å²) in [6, 6.07) is 6.30. The van der Waals surface area contributed by atoms with Crippen molar-refractivity contribution in [3.63, 3.8) is 0 Å². The van der Waals surface area contributed by atoms with Crippen molar-refractivity contribution in [3.8, 4) is 0 Å². The van der Waals surface area contributed by atoms with Gasteiger partial charge in [0, 0.05) is 31.6 Å². The van der Waals surface area contributed by atoms with Crippen LogP contribution < -0.4 is 5.32 Å². The molecule has 0 aliphatic heterocycles. The second kappa shape index (κ2) is 6.07. The molecule has 4 nitrogen and oxygen atoms in total. The summed E-state index contributed by atoms with van der Waals surface area (Å²) in [6.07, 6.45) is 2.49. The van der Waals surface area contributed by atoms with E-state index < -0.39 is 0 Å². The summed E-state index contributed by atoms with van der Waals surface area (Å²) in [5.74, 6) is 0.0293. The molecule has 108 valence electrons. The molecule has 4 heteroatoms. The molecule has 1 fully saturated rings. The lowest BCUT2D eigenvalue weighted by Crippen LogP contribution is -2.33. The highest BCUT2D eigenvalue weighted by molar-refractivity contribution is 5.92. The van der Waals surface area contributed by atoms with E-state index in [4.69, 9.17) is 0 Å². The minimum atomic E-state index is -0.0331. The summed E-state index contributed by atoms with van der Waals surface area (Å²) in [5, 5.41) is 2.96. The van der Waals surface area contributed by atoms with Crippen molar-refractivity contribution < 1.29 is 9.59 Å². The molecule has 0 bridgehead atoms. The van der Waals surface area contributed by atoms with Crippen molar-refractivity contribution in [2.24, 2.45) is 0 Å². The van der Waals surface area contributed by atoms with Gasteiger partial charge in [-0.3, -0.25) is 9.59 Å². The van der Waals surface area contributed by atoms with E-state index in [0.29, 0.717) is 19.0 Å². The Bertz CT molecular complexity index is 501. The molecule has 1 aromatic carbocycles. The van der Waals surface area contributed by atoms with Gasteiger partial charge in [-0.2, -0.15) is 0 Å². The van der Waals surface area contributed by atoms with Crippen LogP contribution in [-0.4, -0.2) is 29.3 Å². The van der Waals surface area contributed by atoms with Gasteiger partial charge in [-0.25, -0.2) is 0 Å². The van der Waals surface area contributed by atoms with Gasteiger partial charge in [0.05, 0.1) is 0 Å². The van der Waals surface area contributed by atoms with E-state index in [1.165, 1.54) is 0 Å². The molecule has 1 aromatic rings. The number of hydrogen-bond donors (Lipinski definition) is 1. The van der Waals surface area contributed by atoms with Crippen molar-refractivity contribution in [3.05, 3.63) is 29.3 Å². The van der Waals surface area contributed by atoms with Crippen LogP contribution in [0.15, 0.2) is 18.2 Å². The van der Waals surface area contributed by atoms with E-state index in [9.17, 15) is 9.59 Å². The third-order valence-corrected chi connectivity index (χ3v) is 3.72. The average molecular weight is 274 g/mol. The SMILES string of the molecule is CC(=O)N(CCC(=O)Nc1c(C)cccc1C)C1CC1. The van der Waals surface area contributed by atoms with Gasteiger partial charge in [-0.1, -0.05) is 18.2 Å². The van der Waals surface area contributed by atoms with Crippen LogP contribution >= 0.6 is 0 Å². The molecular weight excluding hydrogens is 252 g/mol. The zero-order chi connectivity index (χ0) is 14.7. The summed E-state index contributed by atoms with van der Waals surface area (Å²) in [5.41, 5.74) is 3.01. The van der Waals surface area contributed by atoms with Gasteiger partial charge in [0.15, 0.2) is 0 Å². The molecule has 0 unspecified atom stereocenters. The summed E-state index contributed by atoms with van der Waals surface area (Å²) in [6.45, 7) is 6.04. The first-order chi connectivity index (χ1) is 9.49. The highest BCUT2D eigenvalue weighted by Crippen LogP contribution is 2.27. The third kappa shape index (κ3) is 3.59. The number of hydrogen-bond acceptors (Lipinski definition) is 2. The fourth-order valence-electron chi connectivity index (χ4n) is 2.42. The first-order valence-corrected chi connectivity index (χ1v) is 7.12. The van der Waals surface area contributed by atoms with E-state index in [2.05, 4.69) is 5.32 Å². The van der Waals surface area contributed by atoms with Crippen LogP contribution in [0.1, 0.15) is 37.3 Å². The Morgan fingerprint density at radius 1 is 1.25 bits per heavy atom. The largest absolute Gasteiger partial charge is 0.339 e. The number of aryl methyl sites for hydroxylation is 2. The quantitative estimate of drug-likeness (QED) is 0.897. The lowest BCUT2D eigenvalue weighted by molar-refractivity contribution is -0.129. The van der Waals surface area contributed by atoms with Crippen LogP contribution in [0.2, 0.25) is 0 Å². The minimum Gasteiger partial charge on any atom is -0.339 e. The molecule has 1 aliphatic carbocycles. The molecular formula is C16H22N2O2. The predicted molar refractivity (Wildman–Crippen MR) is 79.6 cm³/mol. The van der Waals surface area contributed by atoms with E-state index in [0.717, 1.165) is 29.7 Å². The highest BCUT2D eigenvalue weighted by atomic mass is 16.2. The smallest absolute Gasteiger partial charge is 0.226 e. The average Bonchev–Trinajstić information content (AvgIpc) is 3.18. The maximum Gasteiger partial charge on any atom is 0.226 e. The van der Waals surface area contributed by atoms with Gasteiger partial charge in [0.25, 0.3) is 0 Å². The Morgan fingerprint density at radius 2 is 1.85 bits per heavy atom. The maximum atomic E-state index is 12.0. The van der Waals surface area contributed by atoms with Crippen molar-refractivity contribution in [1.29, 1.82) is 0 Å². The molecule has 1 saturated carbocycles. The molecule has 0 heterocycles. The van der Waals surface area contributed by atoms with Crippen LogP contribution in [0.3, 0.4) is 0 Å². The van der Waals surface area contributed by atoms with E-state index in [1.807, 2.05) is 36.9 Å². The number of benzene rings is 1. The maximum absolute atomic E-state index is 12.0. The Hall–Kier alpha value is -1.84. The van der Waals surface area contributed by atoms with Gasteiger partial charge in [0.2, 0.25) is 11.8 Å². The second-order valence-electron chi connectivity index (χ2n) is 5.51. The van der Waals surface area contributed by atoms with Gasteiger partial charge in [0.1, 0.15) is 0 Å². The minimum absolute atomic E-state index is 0.0331. The Balaban J connectivity index is 1.91. The number of carbonyl (C=O) groups is 2. The van der Waals surface area contributed by atoms with Crippen molar-refractivity contribution in [2.45, 2.75) is 46.1 Å². The standard InChI is InChI=1S/C16H22N2O2/c1-11-5-4-6-12(2)16(11)17-15(20)9-10-18(13(3)19)14-7-8-14/h4-6,14H,7-10H2,1-3H3,(H,17,20). The first kappa shape index (κ1) is 14.6. The summed E-state index contributed by atoms with van der Waals surface area (Å²) >= 11 is 0. The number of rotatable bonds is 5. The zero-order valence-electron chi connectivity index (χ0n) is 12.4. The van der Waals surface area contributed by atoms with Crippen molar-refractivity contribution in [2.75, 3.05) is 11.9 Å². The Morgan fingerprint density at radius 3 is 2.35 bits per heavy atom.